The zero-order valence-electron chi connectivity index (χ0n) is 38.2. The maximum Gasteiger partial charge on any atom is 0.187 e. The highest BCUT2D eigenvalue weighted by Gasteiger charge is 2.25. The Morgan fingerprint density at radius 3 is 1.06 bits per heavy atom. The van der Waals surface area contributed by atoms with Crippen LogP contribution in [0.25, 0.3) is 115 Å². The predicted octanol–water partition coefficient (Wildman–Crippen LogP) is 15.6. The Labute approximate surface area is 414 Å². The minimum absolute atomic E-state index is 0.454. The normalized spacial score (nSPS) is 11.0. The molecule has 0 bridgehead atoms. The van der Waals surface area contributed by atoms with E-state index in [9.17, 15) is 21.0 Å². The molecule has 72 heavy (non-hydrogen) atoms. The Kier molecular flexibility index (Phi) is 10.3. The molecule has 3 aromatic heterocycles. The predicted molar refractivity (Wildman–Crippen MR) is 285 cm³/mol. The highest BCUT2D eigenvalue weighted by Crippen LogP contribution is 2.45. The number of fused-ring (bicyclic) bond motifs is 6. The molecule has 0 atom stereocenters. The summed E-state index contributed by atoms with van der Waals surface area (Å²) in [7, 11) is 0. The highest BCUT2D eigenvalue weighted by molar-refractivity contribution is 6.14. The molecule has 12 aromatic rings. The Bertz CT molecular complexity index is 3970. The van der Waals surface area contributed by atoms with E-state index >= 15 is 0 Å². The Balaban J connectivity index is 1.18. The van der Waals surface area contributed by atoms with Crippen molar-refractivity contribution >= 4 is 49.3 Å². The summed E-state index contributed by atoms with van der Waals surface area (Å²) in [4.78, 5) is 8.16. The zero-order valence-corrected chi connectivity index (χ0v) is 38.2. The Morgan fingerprint density at radius 1 is 0.347 bits per heavy atom. The van der Waals surface area contributed by atoms with Crippen molar-refractivity contribution in [2.75, 3.05) is 0 Å². The average molecular weight is 915 g/mol. The maximum atomic E-state index is 11.0. The van der Waals surface area contributed by atoms with Crippen LogP contribution in [0.4, 0.5) is 5.69 Å². The minimum Gasteiger partial charge on any atom is -0.308 e. The van der Waals surface area contributed by atoms with Gasteiger partial charge < -0.3 is 9.13 Å². The number of nitriles is 4. The van der Waals surface area contributed by atoms with Crippen molar-refractivity contribution in [2.45, 2.75) is 0 Å². The monoisotopic (exact) mass is 914 g/mol. The van der Waals surface area contributed by atoms with Gasteiger partial charge in [0.2, 0.25) is 0 Å². The van der Waals surface area contributed by atoms with Gasteiger partial charge >= 0.3 is 0 Å². The molecule has 0 radical (unpaired) electrons. The van der Waals surface area contributed by atoms with Crippen LogP contribution in [0, 0.1) is 51.9 Å². The molecule has 0 fully saturated rings. The lowest BCUT2D eigenvalue weighted by Gasteiger charge is -2.21. The summed E-state index contributed by atoms with van der Waals surface area (Å²) in [5.74, 6) is 0. The fourth-order valence-electron chi connectivity index (χ4n) is 10.2. The number of nitrogens with zero attached hydrogens (tertiary/aromatic N) is 8. The molecule has 0 saturated heterocycles. The van der Waals surface area contributed by atoms with Crippen LogP contribution in [0.5, 0.6) is 0 Å². The minimum atomic E-state index is 0.454. The van der Waals surface area contributed by atoms with Crippen molar-refractivity contribution in [3.63, 3.8) is 0 Å². The van der Waals surface area contributed by atoms with Crippen LogP contribution in [0.2, 0.25) is 0 Å². The molecule has 0 aliphatic rings. The summed E-state index contributed by atoms with van der Waals surface area (Å²) in [6, 6.07) is 73.2. The maximum absolute atomic E-state index is 11.0. The molecule has 330 valence electrons. The molecule has 0 spiro atoms. The van der Waals surface area contributed by atoms with Crippen LogP contribution < -0.4 is 0 Å². The van der Waals surface area contributed by atoms with E-state index in [1.807, 2.05) is 97.1 Å². The molecule has 9 aromatic carbocycles. The van der Waals surface area contributed by atoms with Gasteiger partial charge in [-0.3, -0.25) is 4.98 Å². The lowest BCUT2D eigenvalue weighted by molar-refractivity contribution is 1.13. The van der Waals surface area contributed by atoms with E-state index in [4.69, 9.17) is 6.57 Å². The van der Waals surface area contributed by atoms with Crippen molar-refractivity contribution in [3.8, 4) is 91.3 Å². The number of pyridine rings is 1. The van der Waals surface area contributed by atoms with E-state index in [-0.39, 0.29) is 0 Å². The second-order valence-corrected chi connectivity index (χ2v) is 17.6. The fraction of sp³-hybridized carbons (Fsp3) is 0. The number of rotatable bonds is 7. The average Bonchev–Trinajstić information content (AvgIpc) is 3.96. The molecule has 0 amide bonds. The van der Waals surface area contributed by atoms with Gasteiger partial charge in [-0.1, -0.05) is 78.9 Å². The lowest BCUT2D eigenvalue weighted by Crippen LogP contribution is -2.05. The quantitative estimate of drug-likeness (QED) is 0.147. The van der Waals surface area contributed by atoms with Crippen molar-refractivity contribution < 1.29 is 0 Å². The van der Waals surface area contributed by atoms with Gasteiger partial charge in [-0.05, 0) is 165 Å². The Morgan fingerprint density at radius 2 is 0.694 bits per heavy atom. The van der Waals surface area contributed by atoms with Crippen molar-refractivity contribution in [1.29, 1.82) is 21.0 Å². The molecule has 0 unspecified atom stereocenters. The second kappa shape index (κ2) is 17.4. The van der Waals surface area contributed by atoms with Gasteiger partial charge in [-0.15, -0.1) is 0 Å². The number of hydrogen-bond donors (Lipinski definition) is 0. The van der Waals surface area contributed by atoms with Gasteiger partial charge in [0.15, 0.2) is 5.69 Å². The third-order valence-corrected chi connectivity index (χ3v) is 13.5. The van der Waals surface area contributed by atoms with E-state index in [2.05, 4.69) is 116 Å². The fourth-order valence-corrected chi connectivity index (χ4v) is 10.2. The summed E-state index contributed by atoms with van der Waals surface area (Å²) >= 11 is 0. The van der Waals surface area contributed by atoms with Crippen molar-refractivity contribution in [1.82, 2.24) is 14.1 Å². The standard InChI is InChI=1S/C64H34N8/c1-69-53-13-5-12-48(31-53)52-17-21-61-57(35-52)56-34-51(47-11-4-8-42(28-47)38-67)16-20-60(56)72(61)63-30-43(39-68)29-62(64(63)44-22-24-70-25-23-44)71-58-18-14-49(45-9-2-6-40(26-45)36-65)32-54(58)55-33-50(15-19-59(55)71)46-10-3-7-41(27-46)37-66/h2-35H. The van der Waals surface area contributed by atoms with Crippen LogP contribution in [0.3, 0.4) is 0 Å². The summed E-state index contributed by atoms with van der Waals surface area (Å²) < 4.78 is 4.49. The first-order chi connectivity index (χ1) is 35.4. The van der Waals surface area contributed by atoms with Crippen LogP contribution in [-0.4, -0.2) is 14.1 Å². The first-order valence-electron chi connectivity index (χ1n) is 23.1. The zero-order chi connectivity index (χ0) is 48.9. The van der Waals surface area contributed by atoms with Gasteiger partial charge in [-0.2, -0.15) is 21.0 Å². The van der Waals surface area contributed by atoms with Crippen molar-refractivity contribution in [3.05, 3.63) is 240 Å². The Hall–Kier alpha value is -10.8. The van der Waals surface area contributed by atoms with E-state index in [1.54, 1.807) is 36.7 Å². The third-order valence-electron chi connectivity index (χ3n) is 13.5. The SMILES string of the molecule is [C-]#[N+]c1cccc(-c2ccc3c(c2)c2cc(-c4cccc(C#N)c4)ccc2n3-c2cc(C#N)cc(-n3c4ccc(-c5cccc(C#N)c5)cc4c4cc(-c5cccc(C#N)c5)ccc43)c2-c2ccncc2)c1. The van der Waals surface area contributed by atoms with E-state index in [0.29, 0.717) is 27.9 Å². The van der Waals surface area contributed by atoms with Gasteiger partial charge in [-0.25, -0.2) is 4.85 Å². The summed E-state index contributed by atoms with van der Waals surface area (Å²) in [6.45, 7) is 7.73. The van der Waals surface area contributed by atoms with Gasteiger partial charge in [0, 0.05) is 39.5 Å². The smallest absolute Gasteiger partial charge is 0.187 e. The number of hydrogen-bond acceptors (Lipinski definition) is 5. The molecule has 0 aliphatic heterocycles. The molecule has 8 nitrogen and oxygen atoms in total. The molecule has 12 rings (SSSR count). The second-order valence-electron chi connectivity index (χ2n) is 17.6. The third kappa shape index (κ3) is 7.17. The summed E-state index contributed by atoms with van der Waals surface area (Å²) in [6.07, 6.45) is 3.57. The first kappa shape index (κ1) is 42.5. The summed E-state index contributed by atoms with van der Waals surface area (Å²) in [5.41, 5.74) is 17.1. The molecule has 3 heterocycles. The highest BCUT2D eigenvalue weighted by atomic mass is 15.0. The van der Waals surface area contributed by atoms with E-state index in [1.165, 1.54) is 0 Å². The largest absolute Gasteiger partial charge is 0.308 e. The van der Waals surface area contributed by atoms with Gasteiger partial charge in [0.25, 0.3) is 0 Å². The number of benzene rings is 9. The molecule has 0 N–H and O–H groups in total. The van der Waals surface area contributed by atoms with Crippen molar-refractivity contribution in [2.24, 2.45) is 0 Å². The van der Waals surface area contributed by atoms with Crippen LogP contribution >= 0.6 is 0 Å². The molecular weight excluding hydrogens is 881 g/mol. The van der Waals surface area contributed by atoms with Gasteiger partial charge in [0.1, 0.15) is 0 Å². The van der Waals surface area contributed by atoms with E-state index in [0.717, 1.165) is 111 Å². The lowest BCUT2D eigenvalue weighted by atomic mass is 9.98. The first-order valence-corrected chi connectivity index (χ1v) is 23.1. The molecule has 0 saturated carbocycles. The summed E-state index contributed by atoms with van der Waals surface area (Å²) in [5, 5.41) is 44.4. The van der Waals surface area contributed by atoms with Crippen LogP contribution in [-0.2, 0) is 0 Å². The topological polar surface area (TPSA) is 122 Å². The molecule has 0 aliphatic carbocycles. The number of aromatic nitrogens is 3. The van der Waals surface area contributed by atoms with Crippen LogP contribution in [0.15, 0.2) is 207 Å². The van der Waals surface area contributed by atoms with Crippen LogP contribution in [0.1, 0.15) is 22.3 Å². The molecular formula is C64H34N8. The molecule has 8 heteroatoms. The van der Waals surface area contributed by atoms with Gasteiger partial charge in [0.05, 0.1) is 86.5 Å². The van der Waals surface area contributed by atoms with E-state index < -0.39 is 0 Å².